The molecule has 1 atom stereocenters. The Kier molecular flexibility index (Phi) is 3.23. The van der Waals surface area contributed by atoms with E-state index in [2.05, 4.69) is 10.3 Å². The Morgan fingerprint density at radius 3 is 3.00 bits per heavy atom. The monoisotopic (exact) mass is 232 g/mol. The number of pyridine rings is 1. The minimum absolute atomic E-state index is 0.0333. The van der Waals surface area contributed by atoms with Gasteiger partial charge in [0.2, 0.25) is 0 Å². The molecule has 0 aliphatic carbocycles. The lowest BCUT2D eigenvalue weighted by Crippen LogP contribution is -2.33. The van der Waals surface area contributed by atoms with Crippen LogP contribution in [0.2, 0.25) is 10.2 Å². The van der Waals surface area contributed by atoms with Crippen molar-refractivity contribution in [3.05, 3.63) is 28.0 Å². The van der Waals surface area contributed by atoms with Crippen LogP contribution >= 0.6 is 23.2 Å². The summed E-state index contributed by atoms with van der Waals surface area (Å²) < 4.78 is 5.55. The molecule has 1 aromatic heterocycles. The van der Waals surface area contributed by atoms with Gasteiger partial charge in [-0.25, -0.2) is 4.98 Å². The molecule has 1 saturated heterocycles. The van der Waals surface area contributed by atoms with E-state index >= 15 is 0 Å². The SMILES string of the molecule is Clc1cc(C2CNCCO2)cnc1Cl. The predicted molar refractivity (Wildman–Crippen MR) is 55.8 cm³/mol. The van der Waals surface area contributed by atoms with Crippen molar-refractivity contribution in [1.82, 2.24) is 10.3 Å². The quantitative estimate of drug-likeness (QED) is 0.754. The molecule has 1 aromatic rings. The van der Waals surface area contributed by atoms with Crippen LogP contribution in [-0.2, 0) is 4.74 Å². The smallest absolute Gasteiger partial charge is 0.147 e. The molecule has 1 fully saturated rings. The second-order valence-electron chi connectivity index (χ2n) is 3.10. The number of rotatable bonds is 1. The summed E-state index contributed by atoms with van der Waals surface area (Å²) in [4.78, 5) is 3.98. The summed E-state index contributed by atoms with van der Waals surface area (Å²) in [6, 6.07) is 1.80. The van der Waals surface area contributed by atoms with E-state index in [9.17, 15) is 0 Å². The van der Waals surface area contributed by atoms with Crippen LogP contribution in [0.3, 0.4) is 0 Å². The van der Waals surface area contributed by atoms with E-state index in [4.69, 9.17) is 27.9 Å². The summed E-state index contributed by atoms with van der Waals surface area (Å²) in [5.41, 5.74) is 0.964. The molecule has 2 rings (SSSR count). The minimum atomic E-state index is 0.0333. The van der Waals surface area contributed by atoms with Crippen molar-refractivity contribution in [3.63, 3.8) is 0 Å². The first kappa shape index (κ1) is 10.2. The molecule has 0 amide bonds. The second-order valence-corrected chi connectivity index (χ2v) is 3.87. The number of aromatic nitrogens is 1. The average Bonchev–Trinajstić information content (AvgIpc) is 2.23. The van der Waals surface area contributed by atoms with E-state index in [1.165, 1.54) is 0 Å². The van der Waals surface area contributed by atoms with E-state index in [0.29, 0.717) is 16.8 Å². The molecule has 1 aliphatic rings. The molecule has 0 bridgehead atoms. The van der Waals surface area contributed by atoms with Crippen molar-refractivity contribution in [2.24, 2.45) is 0 Å². The van der Waals surface area contributed by atoms with Crippen LogP contribution in [0, 0.1) is 0 Å². The number of hydrogen-bond donors (Lipinski definition) is 1. The van der Waals surface area contributed by atoms with Crippen LogP contribution in [0.25, 0.3) is 0 Å². The fraction of sp³-hybridized carbons (Fsp3) is 0.444. The number of nitrogens with zero attached hydrogens (tertiary/aromatic N) is 1. The van der Waals surface area contributed by atoms with Crippen LogP contribution in [0.15, 0.2) is 12.3 Å². The van der Waals surface area contributed by atoms with Crippen molar-refractivity contribution in [2.75, 3.05) is 19.7 Å². The highest BCUT2D eigenvalue weighted by atomic mass is 35.5. The molecular formula is C9H10Cl2N2O. The fourth-order valence-corrected chi connectivity index (χ4v) is 1.67. The lowest BCUT2D eigenvalue weighted by molar-refractivity contribution is 0.0275. The topological polar surface area (TPSA) is 34.1 Å². The zero-order valence-corrected chi connectivity index (χ0v) is 8.98. The minimum Gasteiger partial charge on any atom is -0.371 e. The van der Waals surface area contributed by atoms with E-state index in [-0.39, 0.29) is 6.10 Å². The molecular weight excluding hydrogens is 223 g/mol. The third-order valence-corrected chi connectivity index (χ3v) is 2.80. The summed E-state index contributed by atoms with van der Waals surface area (Å²) in [5.74, 6) is 0. The molecule has 0 saturated carbocycles. The molecule has 1 aliphatic heterocycles. The first-order valence-corrected chi connectivity index (χ1v) is 5.16. The van der Waals surface area contributed by atoms with Crippen molar-refractivity contribution in [2.45, 2.75) is 6.10 Å². The van der Waals surface area contributed by atoms with Crippen LogP contribution < -0.4 is 5.32 Å². The Morgan fingerprint density at radius 2 is 2.36 bits per heavy atom. The third-order valence-electron chi connectivity index (χ3n) is 2.12. The highest BCUT2D eigenvalue weighted by Gasteiger charge is 2.16. The van der Waals surface area contributed by atoms with Gasteiger partial charge >= 0.3 is 0 Å². The number of halogens is 2. The molecule has 76 valence electrons. The lowest BCUT2D eigenvalue weighted by atomic mass is 10.1. The summed E-state index contributed by atoms with van der Waals surface area (Å²) >= 11 is 11.6. The Labute approximate surface area is 92.4 Å². The maximum Gasteiger partial charge on any atom is 0.147 e. The van der Waals surface area contributed by atoms with Crippen LogP contribution in [-0.4, -0.2) is 24.7 Å². The highest BCUT2D eigenvalue weighted by Crippen LogP contribution is 2.25. The Morgan fingerprint density at radius 1 is 1.50 bits per heavy atom. The number of ether oxygens (including phenoxy) is 1. The standard InChI is InChI=1S/C9H10Cl2N2O/c10-7-3-6(4-13-9(7)11)8-5-12-1-2-14-8/h3-4,8,12H,1-2,5H2. The largest absolute Gasteiger partial charge is 0.371 e. The van der Waals surface area contributed by atoms with Gasteiger partial charge < -0.3 is 10.1 Å². The van der Waals surface area contributed by atoms with Gasteiger partial charge in [-0.05, 0) is 6.07 Å². The number of nitrogens with one attached hydrogen (secondary N) is 1. The summed E-state index contributed by atoms with van der Waals surface area (Å²) in [6.45, 7) is 2.40. The maximum absolute atomic E-state index is 5.86. The van der Waals surface area contributed by atoms with Crippen LogP contribution in [0.4, 0.5) is 0 Å². The Balaban J connectivity index is 2.18. The molecule has 0 aromatic carbocycles. The first-order chi connectivity index (χ1) is 6.77. The maximum atomic E-state index is 5.86. The van der Waals surface area contributed by atoms with Crippen molar-refractivity contribution < 1.29 is 4.74 Å². The molecule has 2 heterocycles. The van der Waals surface area contributed by atoms with E-state index in [0.717, 1.165) is 18.7 Å². The highest BCUT2D eigenvalue weighted by molar-refractivity contribution is 6.41. The summed E-state index contributed by atoms with van der Waals surface area (Å²) in [7, 11) is 0. The van der Waals surface area contributed by atoms with Gasteiger partial charge in [-0.15, -0.1) is 0 Å². The molecule has 14 heavy (non-hydrogen) atoms. The van der Waals surface area contributed by atoms with Crippen molar-refractivity contribution in [3.8, 4) is 0 Å². The van der Waals surface area contributed by atoms with Crippen LogP contribution in [0.5, 0.6) is 0 Å². The van der Waals surface area contributed by atoms with Gasteiger partial charge in [-0.3, -0.25) is 0 Å². The molecule has 0 radical (unpaired) electrons. The van der Waals surface area contributed by atoms with Gasteiger partial charge in [0.25, 0.3) is 0 Å². The van der Waals surface area contributed by atoms with Gasteiger partial charge in [0.05, 0.1) is 17.7 Å². The molecule has 3 nitrogen and oxygen atoms in total. The van der Waals surface area contributed by atoms with Crippen molar-refractivity contribution >= 4 is 23.2 Å². The third kappa shape index (κ3) is 2.17. The number of morpholine rings is 1. The first-order valence-electron chi connectivity index (χ1n) is 4.40. The normalized spacial score (nSPS) is 22.3. The van der Waals surface area contributed by atoms with Crippen molar-refractivity contribution in [1.29, 1.82) is 0 Å². The fourth-order valence-electron chi connectivity index (χ4n) is 1.39. The van der Waals surface area contributed by atoms with E-state index in [1.807, 2.05) is 0 Å². The second kappa shape index (κ2) is 4.45. The van der Waals surface area contributed by atoms with Gasteiger partial charge in [-0.1, -0.05) is 23.2 Å². The zero-order valence-electron chi connectivity index (χ0n) is 7.46. The van der Waals surface area contributed by atoms with Crippen LogP contribution in [0.1, 0.15) is 11.7 Å². The molecule has 1 N–H and O–H groups in total. The van der Waals surface area contributed by atoms with Gasteiger partial charge in [-0.2, -0.15) is 0 Å². The number of hydrogen-bond acceptors (Lipinski definition) is 3. The molecule has 0 spiro atoms. The van der Waals surface area contributed by atoms with E-state index in [1.54, 1.807) is 12.3 Å². The van der Waals surface area contributed by atoms with Gasteiger partial charge in [0.1, 0.15) is 5.15 Å². The van der Waals surface area contributed by atoms with Gasteiger partial charge in [0, 0.05) is 24.8 Å². The van der Waals surface area contributed by atoms with Gasteiger partial charge in [0.15, 0.2) is 0 Å². The molecule has 5 heteroatoms. The summed E-state index contributed by atoms with van der Waals surface area (Å²) in [5, 5.41) is 4.04. The average molecular weight is 233 g/mol. The Bertz CT molecular complexity index is 327. The zero-order chi connectivity index (χ0) is 9.97. The summed E-state index contributed by atoms with van der Waals surface area (Å²) in [6.07, 6.45) is 1.73. The Hall–Kier alpha value is -0.350. The van der Waals surface area contributed by atoms with E-state index < -0.39 is 0 Å². The lowest BCUT2D eigenvalue weighted by Gasteiger charge is -2.23. The molecule has 1 unspecified atom stereocenters. The predicted octanol–water partition coefficient (Wildman–Crippen LogP) is 2.05.